The highest BCUT2D eigenvalue weighted by molar-refractivity contribution is 7.10. The SMILES string of the molecule is Cc1ccsc1CNCC(NC(=O)OC(C)(C)C)C1CC1. The predicted molar refractivity (Wildman–Crippen MR) is 86.6 cm³/mol. The molecule has 1 unspecified atom stereocenters. The molecule has 0 bridgehead atoms. The number of nitrogens with one attached hydrogen (secondary N) is 2. The van der Waals surface area contributed by atoms with Crippen LogP contribution in [0.1, 0.15) is 44.1 Å². The Labute approximate surface area is 131 Å². The third kappa shape index (κ3) is 5.67. The van der Waals surface area contributed by atoms with Gasteiger partial charge in [-0.05, 0) is 63.5 Å². The first kappa shape index (κ1) is 16.3. The van der Waals surface area contributed by atoms with E-state index in [-0.39, 0.29) is 12.1 Å². The topological polar surface area (TPSA) is 50.4 Å². The molecule has 2 N–H and O–H groups in total. The highest BCUT2D eigenvalue weighted by Gasteiger charge is 2.33. The highest BCUT2D eigenvalue weighted by Crippen LogP contribution is 2.32. The van der Waals surface area contributed by atoms with Gasteiger partial charge in [0.1, 0.15) is 5.60 Å². The molecular formula is C16H26N2O2S. The molecular weight excluding hydrogens is 284 g/mol. The molecule has 1 aromatic rings. The molecule has 0 radical (unpaired) electrons. The first-order chi connectivity index (χ1) is 9.85. The molecule has 1 amide bonds. The van der Waals surface area contributed by atoms with Gasteiger partial charge < -0.3 is 15.4 Å². The van der Waals surface area contributed by atoms with Crippen molar-refractivity contribution < 1.29 is 9.53 Å². The summed E-state index contributed by atoms with van der Waals surface area (Å²) in [4.78, 5) is 13.3. The fraction of sp³-hybridized carbons (Fsp3) is 0.688. The van der Waals surface area contributed by atoms with E-state index in [4.69, 9.17) is 4.74 Å². The lowest BCUT2D eigenvalue weighted by atomic mass is 10.2. The van der Waals surface area contributed by atoms with Crippen molar-refractivity contribution in [1.29, 1.82) is 0 Å². The van der Waals surface area contributed by atoms with E-state index >= 15 is 0 Å². The summed E-state index contributed by atoms with van der Waals surface area (Å²) in [7, 11) is 0. The summed E-state index contributed by atoms with van der Waals surface area (Å²) in [6.45, 7) is 9.44. The lowest BCUT2D eigenvalue weighted by Crippen LogP contribution is -2.45. The number of alkyl carbamates (subject to hydrolysis) is 1. The van der Waals surface area contributed by atoms with Crippen LogP contribution in [0.2, 0.25) is 0 Å². The normalized spacial score (nSPS) is 16.6. The van der Waals surface area contributed by atoms with Gasteiger partial charge in [0.25, 0.3) is 0 Å². The summed E-state index contributed by atoms with van der Waals surface area (Å²) >= 11 is 1.77. The Kier molecular flexibility index (Phi) is 5.27. The van der Waals surface area contributed by atoms with Crippen molar-refractivity contribution in [3.8, 4) is 0 Å². The Balaban J connectivity index is 1.77. The molecule has 1 aliphatic rings. The van der Waals surface area contributed by atoms with Gasteiger partial charge in [0.2, 0.25) is 0 Å². The van der Waals surface area contributed by atoms with Crippen molar-refractivity contribution in [3.63, 3.8) is 0 Å². The molecule has 2 rings (SSSR count). The second-order valence-corrected chi connectivity index (χ2v) is 7.75. The number of carbonyl (C=O) groups excluding carboxylic acids is 1. The number of hydrogen-bond acceptors (Lipinski definition) is 4. The van der Waals surface area contributed by atoms with E-state index in [0.717, 1.165) is 13.1 Å². The van der Waals surface area contributed by atoms with Gasteiger partial charge in [0.15, 0.2) is 0 Å². The lowest BCUT2D eigenvalue weighted by molar-refractivity contribution is 0.0497. The van der Waals surface area contributed by atoms with Gasteiger partial charge in [0.05, 0.1) is 0 Å². The maximum atomic E-state index is 11.9. The highest BCUT2D eigenvalue weighted by atomic mass is 32.1. The molecule has 4 nitrogen and oxygen atoms in total. The molecule has 1 aliphatic carbocycles. The van der Waals surface area contributed by atoms with Crippen LogP contribution in [0.25, 0.3) is 0 Å². The van der Waals surface area contributed by atoms with Gasteiger partial charge in [-0.25, -0.2) is 4.79 Å². The van der Waals surface area contributed by atoms with Crippen LogP contribution >= 0.6 is 11.3 Å². The van der Waals surface area contributed by atoms with Crippen molar-refractivity contribution in [2.24, 2.45) is 5.92 Å². The van der Waals surface area contributed by atoms with Crippen LogP contribution in [-0.2, 0) is 11.3 Å². The molecule has 1 aromatic heterocycles. The molecule has 0 saturated heterocycles. The Morgan fingerprint density at radius 2 is 2.19 bits per heavy atom. The Bertz CT molecular complexity index is 475. The van der Waals surface area contributed by atoms with Crippen LogP contribution in [0.4, 0.5) is 4.79 Å². The number of amides is 1. The third-order valence-corrected chi connectivity index (χ3v) is 4.53. The standard InChI is InChI=1S/C16H26N2O2S/c1-11-7-8-21-14(11)10-17-9-13(12-5-6-12)18-15(19)20-16(2,3)4/h7-8,12-13,17H,5-6,9-10H2,1-4H3,(H,18,19). The van der Waals surface area contributed by atoms with Crippen molar-refractivity contribution in [3.05, 3.63) is 21.9 Å². The molecule has 1 heterocycles. The zero-order valence-electron chi connectivity index (χ0n) is 13.4. The van der Waals surface area contributed by atoms with Crippen molar-refractivity contribution in [1.82, 2.24) is 10.6 Å². The van der Waals surface area contributed by atoms with E-state index in [1.807, 2.05) is 20.8 Å². The molecule has 1 saturated carbocycles. The number of ether oxygens (including phenoxy) is 1. The van der Waals surface area contributed by atoms with Crippen LogP contribution in [0, 0.1) is 12.8 Å². The van der Waals surface area contributed by atoms with E-state index < -0.39 is 5.60 Å². The van der Waals surface area contributed by atoms with Gasteiger partial charge in [-0.15, -0.1) is 11.3 Å². The lowest BCUT2D eigenvalue weighted by Gasteiger charge is -2.24. The van der Waals surface area contributed by atoms with Crippen molar-refractivity contribution in [2.45, 2.75) is 58.7 Å². The average Bonchev–Trinajstić information content (AvgIpc) is 3.11. The van der Waals surface area contributed by atoms with Crippen molar-refractivity contribution in [2.75, 3.05) is 6.54 Å². The monoisotopic (exact) mass is 310 g/mol. The molecule has 0 aliphatic heterocycles. The summed E-state index contributed by atoms with van der Waals surface area (Å²) in [6, 6.07) is 2.30. The van der Waals surface area contributed by atoms with Gasteiger partial charge >= 0.3 is 6.09 Å². The van der Waals surface area contributed by atoms with Crippen molar-refractivity contribution >= 4 is 17.4 Å². The molecule has 0 spiro atoms. The third-order valence-electron chi connectivity index (χ3n) is 3.51. The van der Waals surface area contributed by atoms with Crippen LogP contribution in [-0.4, -0.2) is 24.3 Å². The zero-order chi connectivity index (χ0) is 15.5. The van der Waals surface area contributed by atoms with Crippen LogP contribution in [0.3, 0.4) is 0 Å². The minimum Gasteiger partial charge on any atom is -0.444 e. The molecule has 5 heteroatoms. The maximum Gasteiger partial charge on any atom is 0.407 e. The number of aryl methyl sites for hydroxylation is 1. The number of carbonyl (C=O) groups is 1. The van der Waals surface area contributed by atoms with E-state index in [1.54, 1.807) is 11.3 Å². The number of thiophene rings is 1. The summed E-state index contributed by atoms with van der Waals surface area (Å²) in [6.07, 6.45) is 2.08. The van der Waals surface area contributed by atoms with Gasteiger partial charge in [-0.2, -0.15) is 0 Å². The summed E-state index contributed by atoms with van der Waals surface area (Å²) in [5.74, 6) is 0.592. The van der Waals surface area contributed by atoms with Gasteiger partial charge in [0, 0.05) is 24.0 Å². The largest absolute Gasteiger partial charge is 0.444 e. The first-order valence-corrected chi connectivity index (χ1v) is 8.46. The number of rotatable bonds is 6. The Morgan fingerprint density at radius 1 is 1.48 bits per heavy atom. The van der Waals surface area contributed by atoms with Gasteiger partial charge in [-0.3, -0.25) is 0 Å². The summed E-state index contributed by atoms with van der Waals surface area (Å²) < 4.78 is 5.34. The quantitative estimate of drug-likeness (QED) is 0.846. The molecule has 21 heavy (non-hydrogen) atoms. The Morgan fingerprint density at radius 3 is 2.71 bits per heavy atom. The average molecular weight is 310 g/mol. The smallest absolute Gasteiger partial charge is 0.407 e. The first-order valence-electron chi connectivity index (χ1n) is 7.58. The second-order valence-electron chi connectivity index (χ2n) is 6.75. The number of hydrogen-bond donors (Lipinski definition) is 2. The van der Waals surface area contributed by atoms with Crippen LogP contribution < -0.4 is 10.6 Å². The molecule has 0 aromatic carbocycles. The molecule has 1 fully saturated rings. The van der Waals surface area contributed by atoms with Crippen LogP contribution in [0.15, 0.2) is 11.4 Å². The zero-order valence-corrected chi connectivity index (χ0v) is 14.2. The van der Waals surface area contributed by atoms with E-state index in [9.17, 15) is 4.79 Å². The maximum absolute atomic E-state index is 11.9. The Hall–Kier alpha value is -1.07. The predicted octanol–water partition coefficient (Wildman–Crippen LogP) is 3.45. The van der Waals surface area contributed by atoms with E-state index in [2.05, 4.69) is 29.0 Å². The van der Waals surface area contributed by atoms with Crippen LogP contribution in [0.5, 0.6) is 0 Å². The summed E-state index contributed by atoms with van der Waals surface area (Å²) in [5.41, 5.74) is 0.884. The minimum atomic E-state index is -0.445. The minimum absolute atomic E-state index is 0.167. The summed E-state index contributed by atoms with van der Waals surface area (Å²) in [5, 5.41) is 8.58. The van der Waals surface area contributed by atoms with Gasteiger partial charge in [-0.1, -0.05) is 0 Å². The molecule has 1 atom stereocenters. The molecule has 118 valence electrons. The second kappa shape index (κ2) is 6.79. The van der Waals surface area contributed by atoms with E-state index in [1.165, 1.54) is 23.3 Å². The van der Waals surface area contributed by atoms with E-state index in [0.29, 0.717) is 5.92 Å². The fourth-order valence-electron chi connectivity index (χ4n) is 2.22. The fourth-order valence-corrected chi connectivity index (χ4v) is 3.10.